The van der Waals surface area contributed by atoms with Gasteiger partial charge >= 0.3 is 0 Å². The molecule has 0 amide bonds. The molecular formula is C13H16ClNO. The Morgan fingerprint density at radius 2 is 2.38 bits per heavy atom. The van der Waals surface area contributed by atoms with Crippen LogP contribution in [0.15, 0.2) is 24.3 Å². The van der Waals surface area contributed by atoms with Crippen molar-refractivity contribution in [2.45, 2.75) is 19.9 Å². The number of benzene rings is 1. The average Bonchev–Trinajstić information content (AvgIpc) is 2.66. The highest BCUT2D eigenvalue weighted by molar-refractivity contribution is 6.30. The molecule has 0 aromatic heterocycles. The largest absolute Gasteiger partial charge is 0.300 e. The predicted molar refractivity (Wildman–Crippen MR) is 65.5 cm³/mol. The van der Waals surface area contributed by atoms with Gasteiger partial charge in [-0.15, -0.1) is 0 Å². The van der Waals surface area contributed by atoms with Gasteiger partial charge in [-0.3, -0.25) is 9.69 Å². The quantitative estimate of drug-likeness (QED) is 0.806. The van der Waals surface area contributed by atoms with Gasteiger partial charge in [-0.1, -0.05) is 23.7 Å². The highest BCUT2D eigenvalue weighted by Gasteiger charge is 2.25. The zero-order valence-electron chi connectivity index (χ0n) is 9.45. The van der Waals surface area contributed by atoms with Crippen molar-refractivity contribution in [3.8, 4) is 0 Å². The fourth-order valence-corrected chi connectivity index (χ4v) is 2.41. The first-order valence-electron chi connectivity index (χ1n) is 5.62. The molecule has 1 unspecified atom stereocenters. The van der Waals surface area contributed by atoms with E-state index in [-0.39, 0.29) is 5.92 Å². The van der Waals surface area contributed by atoms with Crippen molar-refractivity contribution in [3.63, 3.8) is 0 Å². The number of nitrogens with zero attached hydrogens (tertiary/aromatic N) is 1. The third kappa shape index (κ3) is 2.83. The normalized spacial score (nSPS) is 21.2. The molecule has 0 aliphatic carbocycles. The van der Waals surface area contributed by atoms with Crippen LogP contribution in [-0.4, -0.2) is 23.8 Å². The first-order valence-corrected chi connectivity index (χ1v) is 6.00. The van der Waals surface area contributed by atoms with Crippen molar-refractivity contribution < 1.29 is 4.79 Å². The van der Waals surface area contributed by atoms with Crippen molar-refractivity contribution in [2.75, 3.05) is 13.1 Å². The van der Waals surface area contributed by atoms with Crippen molar-refractivity contribution in [3.05, 3.63) is 34.9 Å². The predicted octanol–water partition coefficient (Wildman–Crippen LogP) is 2.75. The summed E-state index contributed by atoms with van der Waals surface area (Å²) >= 11 is 5.94. The van der Waals surface area contributed by atoms with Gasteiger partial charge in [-0.2, -0.15) is 0 Å². The summed E-state index contributed by atoms with van der Waals surface area (Å²) in [4.78, 5) is 13.6. The van der Waals surface area contributed by atoms with E-state index in [4.69, 9.17) is 11.6 Å². The molecule has 86 valence electrons. The van der Waals surface area contributed by atoms with E-state index in [1.807, 2.05) is 18.2 Å². The van der Waals surface area contributed by atoms with Crippen LogP contribution in [0.25, 0.3) is 0 Å². The van der Waals surface area contributed by atoms with Gasteiger partial charge < -0.3 is 0 Å². The summed E-state index contributed by atoms with van der Waals surface area (Å²) in [6.07, 6.45) is 0.996. The van der Waals surface area contributed by atoms with E-state index in [0.717, 1.165) is 31.1 Å². The van der Waals surface area contributed by atoms with Crippen LogP contribution >= 0.6 is 11.6 Å². The maximum atomic E-state index is 11.3. The lowest BCUT2D eigenvalue weighted by molar-refractivity contribution is -0.120. The van der Waals surface area contributed by atoms with E-state index in [1.54, 1.807) is 6.92 Å². The minimum atomic E-state index is 0.235. The lowest BCUT2D eigenvalue weighted by Crippen LogP contribution is -2.22. The van der Waals surface area contributed by atoms with E-state index in [1.165, 1.54) is 5.56 Å². The van der Waals surface area contributed by atoms with Crippen LogP contribution in [0.5, 0.6) is 0 Å². The molecule has 1 aromatic rings. The van der Waals surface area contributed by atoms with Gasteiger partial charge in [-0.25, -0.2) is 0 Å². The van der Waals surface area contributed by atoms with Gasteiger partial charge in [-0.05, 0) is 37.6 Å². The van der Waals surface area contributed by atoms with Gasteiger partial charge in [0.25, 0.3) is 0 Å². The molecule has 1 aromatic carbocycles. The van der Waals surface area contributed by atoms with Crippen molar-refractivity contribution in [1.29, 1.82) is 0 Å². The molecule has 0 bridgehead atoms. The number of halogens is 1. The van der Waals surface area contributed by atoms with E-state index >= 15 is 0 Å². The highest BCUT2D eigenvalue weighted by Crippen LogP contribution is 2.20. The number of carbonyl (C=O) groups is 1. The summed E-state index contributed by atoms with van der Waals surface area (Å²) in [5, 5.41) is 0.778. The Morgan fingerprint density at radius 3 is 3.00 bits per heavy atom. The van der Waals surface area contributed by atoms with Crippen LogP contribution in [0, 0.1) is 5.92 Å². The van der Waals surface area contributed by atoms with Crippen molar-refractivity contribution in [2.24, 2.45) is 5.92 Å². The molecule has 1 saturated heterocycles. The fraction of sp³-hybridized carbons (Fsp3) is 0.462. The average molecular weight is 238 g/mol. The molecule has 1 aliphatic heterocycles. The minimum Gasteiger partial charge on any atom is -0.300 e. The van der Waals surface area contributed by atoms with Gasteiger partial charge in [0.15, 0.2) is 0 Å². The second kappa shape index (κ2) is 4.98. The standard InChI is InChI=1S/C13H16ClNO/c1-10(16)12-5-6-15(9-12)8-11-3-2-4-13(14)7-11/h2-4,7,12H,5-6,8-9H2,1H3. The van der Waals surface area contributed by atoms with Gasteiger partial charge in [0.1, 0.15) is 5.78 Å². The fourth-order valence-electron chi connectivity index (χ4n) is 2.20. The molecule has 0 radical (unpaired) electrons. The van der Waals surface area contributed by atoms with Crippen molar-refractivity contribution in [1.82, 2.24) is 4.90 Å². The zero-order valence-corrected chi connectivity index (χ0v) is 10.2. The maximum Gasteiger partial charge on any atom is 0.134 e. The Morgan fingerprint density at radius 1 is 1.56 bits per heavy atom. The highest BCUT2D eigenvalue weighted by atomic mass is 35.5. The SMILES string of the molecule is CC(=O)C1CCN(Cc2cccc(Cl)c2)C1. The number of hydrogen-bond acceptors (Lipinski definition) is 2. The van der Waals surface area contributed by atoms with Crippen LogP contribution in [0.2, 0.25) is 5.02 Å². The number of likely N-dealkylation sites (tertiary alicyclic amines) is 1. The first kappa shape index (κ1) is 11.6. The molecule has 1 atom stereocenters. The third-order valence-electron chi connectivity index (χ3n) is 3.14. The molecule has 0 N–H and O–H groups in total. The van der Waals surface area contributed by atoms with E-state index in [9.17, 15) is 4.79 Å². The van der Waals surface area contributed by atoms with Crippen LogP contribution in [0.3, 0.4) is 0 Å². The summed E-state index contributed by atoms with van der Waals surface area (Å²) in [5.74, 6) is 0.549. The summed E-state index contributed by atoms with van der Waals surface area (Å²) in [5.41, 5.74) is 1.22. The molecule has 3 heteroatoms. The van der Waals surface area contributed by atoms with E-state index in [0.29, 0.717) is 5.78 Å². The number of hydrogen-bond donors (Lipinski definition) is 0. The molecule has 16 heavy (non-hydrogen) atoms. The molecular weight excluding hydrogens is 222 g/mol. The lowest BCUT2D eigenvalue weighted by Gasteiger charge is -2.15. The van der Waals surface area contributed by atoms with Gasteiger partial charge in [0.05, 0.1) is 0 Å². The maximum absolute atomic E-state index is 11.3. The molecule has 1 fully saturated rings. The van der Waals surface area contributed by atoms with Crippen LogP contribution in [0.1, 0.15) is 18.9 Å². The van der Waals surface area contributed by atoms with Gasteiger partial charge in [0.2, 0.25) is 0 Å². The van der Waals surface area contributed by atoms with Crippen LogP contribution in [0.4, 0.5) is 0 Å². The number of Topliss-reactive ketones (excluding diaryl/α,β-unsaturated/α-hetero) is 1. The van der Waals surface area contributed by atoms with E-state index < -0.39 is 0 Å². The summed E-state index contributed by atoms with van der Waals surface area (Å²) in [6.45, 7) is 4.48. The Balaban J connectivity index is 1.94. The molecule has 2 nitrogen and oxygen atoms in total. The second-order valence-electron chi connectivity index (χ2n) is 4.46. The molecule has 0 spiro atoms. The number of carbonyl (C=O) groups excluding carboxylic acids is 1. The zero-order chi connectivity index (χ0) is 11.5. The smallest absolute Gasteiger partial charge is 0.134 e. The Hall–Kier alpha value is -0.860. The Bertz CT molecular complexity index is 391. The molecule has 1 aliphatic rings. The minimum absolute atomic E-state index is 0.235. The van der Waals surface area contributed by atoms with E-state index in [2.05, 4.69) is 11.0 Å². The Kier molecular flexibility index (Phi) is 3.62. The molecule has 0 saturated carbocycles. The summed E-state index contributed by atoms with van der Waals surface area (Å²) in [7, 11) is 0. The summed E-state index contributed by atoms with van der Waals surface area (Å²) in [6, 6.07) is 7.92. The Labute approximate surface area is 101 Å². The number of ketones is 1. The third-order valence-corrected chi connectivity index (χ3v) is 3.38. The van der Waals surface area contributed by atoms with Crippen LogP contribution in [-0.2, 0) is 11.3 Å². The second-order valence-corrected chi connectivity index (χ2v) is 4.90. The molecule has 2 rings (SSSR count). The van der Waals surface area contributed by atoms with Gasteiger partial charge in [0, 0.05) is 24.0 Å². The first-order chi connectivity index (χ1) is 7.65. The molecule has 1 heterocycles. The van der Waals surface area contributed by atoms with Crippen LogP contribution < -0.4 is 0 Å². The summed E-state index contributed by atoms with van der Waals surface area (Å²) < 4.78 is 0. The monoisotopic (exact) mass is 237 g/mol. The lowest BCUT2D eigenvalue weighted by atomic mass is 10.1. The topological polar surface area (TPSA) is 20.3 Å². The van der Waals surface area contributed by atoms with Crippen molar-refractivity contribution >= 4 is 17.4 Å². The number of rotatable bonds is 3.